The number of piperazine rings is 1. The molecule has 2 fully saturated rings. The van der Waals surface area contributed by atoms with Gasteiger partial charge in [-0.05, 0) is 54.9 Å². The predicted molar refractivity (Wildman–Crippen MR) is 124 cm³/mol. The van der Waals surface area contributed by atoms with Crippen LogP contribution in [0, 0.1) is 0 Å². The van der Waals surface area contributed by atoms with Crippen LogP contribution in [-0.2, 0) is 9.59 Å². The van der Waals surface area contributed by atoms with E-state index < -0.39 is 0 Å². The number of benzene rings is 2. The first-order valence-corrected chi connectivity index (χ1v) is 11.6. The third kappa shape index (κ3) is 4.30. The molecule has 3 aromatic rings. The monoisotopic (exact) mass is 434 g/mol. The largest absolute Gasteiger partial charge is 0.494 e. The average molecular weight is 435 g/mol. The van der Waals surface area contributed by atoms with Crippen LogP contribution in [-0.4, -0.2) is 67.7 Å². The second kappa shape index (κ2) is 9.04. The summed E-state index contributed by atoms with van der Waals surface area (Å²) < 4.78 is 11.8. The Morgan fingerprint density at radius 2 is 1.94 bits per heavy atom. The number of nitrogens with zero attached hydrogens (tertiary/aromatic N) is 2. The number of hydrogen-bond donors (Lipinski definition) is 0. The molecule has 2 heterocycles. The molecule has 1 aliphatic heterocycles. The van der Waals surface area contributed by atoms with E-state index in [4.69, 9.17) is 9.15 Å². The molecular weight excluding hydrogens is 404 g/mol. The molecule has 1 saturated carbocycles. The van der Waals surface area contributed by atoms with E-state index in [2.05, 4.69) is 29.0 Å². The minimum absolute atomic E-state index is 0.00116. The highest BCUT2D eigenvalue weighted by Gasteiger charge is 2.31. The van der Waals surface area contributed by atoms with Gasteiger partial charge in [-0.1, -0.05) is 6.07 Å². The van der Waals surface area contributed by atoms with Crippen molar-refractivity contribution >= 4 is 33.3 Å². The summed E-state index contributed by atoms with van der Waals surface area (Å²) in [5, 5.41) is 3.11. The van der Waals surface area contributed by atoms with E-state index in [1.807, 2.05) is 18.2 Å². The Hall–Kier alpha value is -2.70. The Kier molecular flexibility index (Phi) is 5.98. The van der Waals surface area contributed by atoms with Crippen LogP contribution in [0.3, 0.4) is 0 Å². The molecule has 1 atom stereocenters. The number of likely N-dealkylation sites (N-methyl/N-ethyl adjacent to an activating group) is 1. The summed E-state index contributed by atoms with van der Waals surface area (Å²) in [5.41, 5.74) is 1.68. The lowest BCUT2D eigenvalue weighted by atomic mass is 9.81. The van der Waals surface area contributed by atoms with Gasteiger partial charge in [0.1, 0.15) is 22.9 Å². The maximum Gasteiger partial charge on any atom is 0.147 e. The van der Waals surface area contributed by atoms with Crippen molar-refractivity contribution in [2.45, 2.75) is 31.6 Å². The van der Waals surface area contributed by atoms with Crippen LogP contribution in [0.4, 0.5) is 0 Å². The van der Waals surface area contributed by atoms with E-state index in [9.17, 15) is 9.59 Å². The number of hydrogen-bond acceptors (Lipinski definition) is 6. The molecule has 0 N–H and O–H groups in total. The van der Waals surface area contributed by atoms with Crippen LogP contribution in [0.25, 0.3) is 21.7 Å². The van der Waals surface area contributed by atoms with Crippen molar-refractivity contribution in [1.82, 2.24) is 9.80 Å². The fraction of sp³-hybridized carbons (Fsp3) is 0.462. The first kappa shape index (κ1) is 21.2. The normalized spacial score (nSPS) is 21.0. The fourth-order valence-corrected chi connectivity index (χ4v) is 4.97. The quantitative estimate of drug-likeness (QED) is 0.432. The van der Waals surface area contributed by atoms with Gasteiger partial charge < -0.3 is 19.0 Å². The first-order valence-electron chi connectivity index (χ1n) is 11.6. The molecule has 0 spiro atoms. The summed E-state index contributed by atoms with van der Waals surface area (Å²) >= 11 is 0. The van der Waals surface area contributed by atoms with E-state index in [-0.39, 0.29) is 23.9 Å². The van der Waals surface area contributed by atoms with Gasteiger partial charge in [-0.25, -0.2) is 0 Å². The van der Waals surface area contributed by atoms with Crippen molar-refractivity contribution in [3.05, 3.63) is 42.2 Å². The standard InChI is InChI=1S/C26H30N2O4/c1-27-10-12-28(13-11-27)9-2-14-31-20-5-7-21-18(15-20)3-8-25-26(21)23(17-32-25)22-6-4-19(29)16-24(22)30/h3,5,7-8,15,17,22H,2,4,6,9-14,16H2,1H3/t22-/m1/s1. The van der Waals surface area contributed by atoms with Crippen molar-refractivity contribution in [2.75, 3.05) is 46.4 Å². The van der Waals surface area contributed by atoms with E-state index in [0.29, 0.717) is 19.4 Å². The van der Waals surface area contributed by atoms with Gasteiger partial charge in [0.25, 0.3) is 0 Å². The van der Waals surface area contributed by atoms with Crippen LogP contribution >= 0.6 is 0 Å². The van der Waals surface area contributed by atoms with E-state index >= 15 is 0 Å². The molecule has 0 amide bonds. The van der Waals surface area contributed by atoms with E-state index in [1.54, 1.807) is 6.26 Å². The highest BCUT2D eigenvalue weighted by atomic mass is 16.5. The van der Waals surface area contributed by atoms with Crippen LogP contribution in [0.1, 0.15) is 37.2 Å². The Labute approximate surface area is 188 Å². The molecular formula is C26H30N2O4. The van der Waals surface area contributed by atoms with Gasteiger partial charge >= 0.3 is 0 Å². The van der Waals surface area contributed by atoms with Crippen LogP contribution < -0.4 is 4.74 Å². The molecule has 0 bridgehead atoms. The molecule has 168 valence electrons. The molecule has 5 rings (SSSR count). The van der Waals surface area contributed by atoms with Gasteiger partial charge in [-0.3, -0.25) is 9.59 Å². The van der Waals surface area contributed by atoms with Gasteiger partial charge in [-0.2, -0.15) is 0 Å². The van der Waals surface area contributed by atoms with E-state index in [0.717, 1.165) is 72.2 Å². The maximum atomic E-state index is 12.5. The SMILES string of the molecule is CN1CCN(CCCOc2ccc3c(ccc4occ([C@H]5CCC(=O)CC5=O)c43)c2)CC1. The first-order chi connectivity index (χ1) is 15.6. The summed E-state index contributed by atoms with van der Waals surface area (Å²) in [5.74, 6) is 0.643. The Bertz CT molecular complexity index is 1140. The topological polar surface area (TPSA) is 63.0 Å². The van der Waals surface area contributed by atoms with Crippen molar-refractivity contribution in [2.24, 2.45) is 0 Å². The van der Waals surface area contributed by atoms with Crippen LogP contribution in [0.5, 0.6) is 5.75 Å². The summed E-state index contributed by atoms with van der Waals surface area (Å²) in [6.07, 6.45) is 3.77. The summed E-state index contributed by atoms with van der Waals surface area (Å²) in [4.78, 5) is 29.0. The van der Waals surface area contributed by atoms with Crippen molar-refractivity contribution < 1.29 is 18.7 Å². The number of carbonyl (C=O) groups is 2. The van der Waals surface area contributed by atoms with Crippen molar-refractivity contribution in [3.8, 4) is 5.75 Å². The number of furan rings is 1. The van der Waals surface area contributed by atoms with Gasteiger partial charge in [0.05, 0.1) is 19.3 Å². The molecule has 6 nitrogen and oxygen atoms in total. The molecule has 2 aromatic carbocycles. The lowest BCUT2D eigenvalue weighted by molar-refractivity contribution is -0.130. The van der Waals surface area contributed by atoms with Gasteiger partial charge in [-0.15, -0.1) is 0 Å². The summed E-state index contributed by atoms with van der Waals surface area (Å²) in [7, 11) is 2.17. The van der Waals surface area contributed by atoms with E-state index in [1.165, 1.54) is 0 Å². The Morgan fingerprint density at radius 1 is 1.09 bits per heavy atom. The number of fused-ring (bicyclic) bond motifs is 3. The zero-order valence-electron chi connectivity index (χ0n) is 18.6. The smallest absolute Gasteiger partial charge is 0.147 e. The molecule has 1 aliphatic carbocycles. The van der Waals surface area contributed by atoms with Crippen molar-refractivity contribution in [1.29, 1.82) is 0 Å². The lowest BCUT2D eigenvalue weighted by Gasteiger charge is -2.32. The molecule has 2 aliphatic rings. The summed E-state index contributed by atoms with van der Waals surface area (Å²) in [6.45, 7) is 6.30. The minimum atomic E-state index is -0.259. The number of Topliss-reactive ketones (excluding diaryl/α,β-unsaturated/α-hetero) is 2. The fourth-order valence-electron chi connectivity index (χ4n) is 4.97. The highest BCUT2D eigenvalue weighted by molar-refractivity contribution is 6.11. The minimum Gasteiger partial charge on any atom is -0.494 e. The van der Waals surface area contributed by atoms with Crippen LogP contribution in [0.2, 0.25) is 0 Å². The number of rotatable bonds is 6. The molecule has 0 radical (unpaired) electrons. The van der Waals surface area contributed by atoms with Gasteiger partial charge in [0, 0.05) is 56.0 Å². The molecule has 0 unspecified atom stereocenters. The van der Waals surface area contributed by atoms with Crippen LogP contribution in [0.15, 0.2) is 41.0 Å². The zero-order chi connectivity index (χ0) is 22.1. The maximum absolute atomic E-state index is 12.5. The average Bonchev–Trinajstić information content (AvgIpc) is 3.22. The second-order valence-electron chi connectivity index (χ2n) is 9.13. The highest BCUT2D eigenvalue weighted by Crippen LogP contribution is 2.38. The Balaban J connectivity index is 1.30. The summed E-state index contributed by atoms with van der Waals surface area (Å²) in [6, 6.07) is 10.1. The third-order valence-electron chi connectivity index (χ3n) is 6.89. The van der Waals surface area contributed by atoms with Gasteiger partial charge in [0.2, 0.25) is 0 Å². The second-order valence-corrected chi connectivity index (χ2v) is 9.13. The van der Waals surface area contributed by atoms with Gasteiger partial charge in [0.15, 0.2) is 0 Å². The molecule has 1 aromatic heterocycles. The number of carbonyl (C=O) groups excluding carboxylic acids is 2. The Morgan fingerprint density at radius 3 is 2.75 bits per heavy atom. The predicted octanol–water partition coefficient (Wildman–Crippen LogP) is 4.01. The number of ketones is 2. The third-order valence-corrected chi connectivity index (χ3v) is 6.89. The molecule has 6 heteroatoms. The van der Waals surface area contributed by atoms with Crippen molar-refractivity contribution in [3.63, 3.8) is 0 Å². The lowest BCUT2D eigenvalue weighted by Crippen LogP contribution is -2.44. The number of ether oxygens (including phenoxy) is 1. The molecule has 32 heavy (non-hydrogen) atoms. The molecule has 1 saturated heterocycles. The zero-order valence-corrected chi connectivity index (χ0v) is 18.6.